The Morgan fingerprint density at radius 2 is 1.75 bits per heavy atom. The van der Waals surface area contributed by atoms with Gasteiger partial charge in [-0.3, -0.25) is 5.43 Å². The van der Waals surface area contributed by atoms with E-state index in [1.165, 1.54) is 37.7 Å². The Balaban J connectivity index is 2.09. The Bertz CT molecular complexity index is 564. The second kappa shape index (κ2) is 6.51. The van der Waals surface area contributed by atoms with Crippen LogP contribution in [0, 0.1) is 0 Å². The minimum Gasteiger partial charge on any atom is -0.375 e. The molecule has 0 spiro atoms. The summed E-state index contributed by atoms with van der Waals surface area (Å²) >= 11 is 4.56. The average Bonchev–Trinajstić information content (AvgIpc) is 2.46. The Hall–Kier alpha value is -1.18. The zero-order chi connectivity index (χ0) is 14.6. The molecule has 0 unspecified atom stereocenters. The molecule has 0 atom stereocenters. The lowest BCUT2D eigenvalue weighted by atomic mass is 9.84. The minimum atomic E-state index is -3.63. The molecule has 4 N–H and O–H groups in total. The maximum absolute atomic E-state index is 11.9. The number of thiocarbonyl (C=S) groups is 1. The number of sulfonamides is 1. The normalized spacial score (nSPS) is 16.8. The topological polar surface area (TPSA) is 84.2 Å². The Labute approximate surface area is 125 Å². The van der Waals surface area contributed by atoms with Crippen LogP contribution in [0.1, 0.15) is 43.6 Å². The monoisotopic (exact) mass is 313 g/mol. The third-order valence-corrected chi connectivity index (χ3v) is 4.94. The van der Waals surface area contributed by atoms with Gasteiger partial charge in [-0.2, -0.15) is 0 Å². The van der Waals surface area contributed by atoms with Crippen molar-refractivity contribution in [2.24, 2.45) is 5.73 Å². The van der Waals surface area contributed by atoms with Crippen LogP contribution in [0.25, 0.3) is 0 Å². The maximum Gasteiger partial charge on any atom is 0.257 e. The molecule has 110 valence electrons. The summed E-state index contributed by atoms with van der Waals surface area (Å²) in [4.78, 5) is 2.32. The van der Waals surface area contributed by atoms with E-state index in [9.17, 15) is 8.42 Å². The molecule has 1 fully saturated rings. The summed E-state index contributed by atoms with van der Waals surface area (Å²) in [5, 5.41) is -0.118. The van der Waals surface area contributed by atoms with Gasteiger partial charge in [0.2, 0.25) is 0 Å². The van der Waals surface area contributed by atoms with E-state index in [0.717, 1.165) is 0 Å². The van der Waals surface area contributed by atoms with Crippen molar-refractivity contribution in [1.82, 2.24) is 10.3 Å². The molecule has 0 aliphatic heterocycles. The van der Waals surface area contributed by atoms with Crippen LogP contribution in [0.15, 0.2) is 29.2 Å². The maximum atomic E-state index is 11.9. The van der Waals surface area contributed by atoms with E-state index < -0.39 is 10.0 Å². The van der Waals surface area contributed by atoms with E-state index >= 15 is 0 Å². The SMILES string of the molecule is NC(=S)NNS(=O)(=O)c1ccc(C2CCCCC2)cc1. The van der Waals surface area contributed by atoms with Gasteiger partial charge in [-0.1, -0.05) is 31.4 Å². The van der Waals surface area contributed by atoms with Crippen molar-refractivity contribution in [1.29, 1.82) is 0 Å². The van der Waals surface area contributed by atoms with Crippen LogP contribution in [0.4, 0.5) is 0 Å². The fourth-order valence-electron chi connectivity index (χ4n) is 2.53. The van der Waals surface area contributed by atoms with Gasteiger partial charge in [0.15, 0.2) is 5.11 Å². The Morgan fingerprint density at radius 1 is 1.15 bits per heavy atom. The summed E-state index contributed by atoms with van der Waals surface area (Å²) in [6, 6.07) is 7.03. The zero-order valence-electron chi connectivity index (χ0n) is 11.1. The molecule has 0 saturated heterocycles. The van der Waals surface area contributed by atoms with E-state index in [0.29, 0.717) is 5.92 Å². The van der Waals surface area contributed by atoms with E-state index in [2.05, 4.69) is 22.5 Å². The van der Waals surface area contributed by atoms with Crippen LogP contribution in [0.5, 0.6) is 0 Å². The molecule has 2 rings (SSSR count). The fraction of sp³-hybridized carbons (Fsp3) is 0.462. The summed E-state index contributed by atoms with van der Waals surface area (Å²) in [6.07, 6.45) is 6.19. The fourth-order valence-corrected chi connectivity index (χ4v) is 3.50. The number of benzene rings is 1. The molecule has 1 aromatic carbocycles. The summed E-state index contributed by atoms with van der Waals surface area (Å²) in [6.45, 7) is 0. The van der Waals surface area contributed by atoms with E-state index in [1.807, 2.05) is 12.1 Å². The van der Waals surface area contributed by atoms with Gasteiger partial charge < -0.3 is 5.73 Å². The highest BCUT2D eigenvalue weighted by Gasteiger charge is 2.17. The molecular weight excluding hydrogens is 294 g/mol. The van der Waals surface area contributed by atoms with Crippen molar-refractivity contribution < 1.29 is 8.42 Å². The van der Waals surface area contributed by atoms with Gasteiger partial charge in [-0.05, 0) is 48.7 Å². The van der Waals surface area contributed by atoms with Gasteiger partial charge in [-0.15, -0.1) is 4.83 Å². The number of hydrazine groups is 1. The molecule has 1 aliphatic carbocycles. The summed E-state index contributed by atoms with van der Waals surface area (Å²) in [7, 11) is -3.63. The molecule has 0 radical (unpaired) electrons. The van der Waals surface area contributed by atoms with Crippen LogP contribution in [-0.4, -0.2) is 13.5 Å². The lowest BCUT2D eigenvalue weighted by Gasteiger charge is -2.22. The van der Waals surface area contributed by atoms with Gasteiger partial charge in [0, 0.05) is 0 Å². The molecule has 1 aromatic rings. The van der Waals surface area contributed by atoms with Crippen molar-refractivity contribution in [3.05, 3.63) is 29.8 Å². The van der Waals surface area contributed by atoms with Crippen LogP contribution in [0.3, 0.4) is 0 Å². The standard InChI is InChI=1S/C13H19N3O2S2/c14-13(19)15-16-20(17,18)12-8-6-11(7-9-12)10-4-2-1-3-5-10/h6-10,16H,1-5H2,(H3,14,15,19). The first-order valence-corrected chi connectivity index (χ1v) is 8.55. The highest BCUT2D eigenvalue weighted by atomic mass is 32.2. The average molecular weight is 313 g/mol. The molecule has 5 nitrogen and oxygen atoms in total. The number of rotatable bonds is 4. The molecule has 0 heterocycles. The van der Waals surface area contributed by atoms with Crippen molar-refractivity contribution in [3.63, 3.8) is 0 Å². The van der Waals surface area contributed by atoms with E-state index in [4.69, 9.17) is 5.73 Å². The van der Waals surface area contributed by atoms with E-state index in [-0.39, 0.29) is 10.0 Å². The highest BCUT2D eigenvalue weighted by Crippen LogP contribution is 2.32. The molecule has 0 amide bonds. The molecule has 0 bridgehead atoms. The molecule has 1 saturated carbocycles. The second-order valence-electron chi connectivity index (χ2n) is 5.00. The minimum absolute atomic E-state index is 0.118. The first kappa shape index (κ1) is 15.2. The molecular formula is C13H19N3O2S2. The lowest BCUT2D eigenvalue weighted by Crippen LogP contribution is -2.44. The first-order valence-electron chi connectivity index (χ1n) is 6.66. The van der Waals surface area contributed by atoms with E-state index in [1.54, 1.807) is 12.1 Å². The third-order valence-electron chi connectivity index (χ3n) is 3.58. The summed E-state index contributed by atoms with van der Waals surface area (Å²) < 4.78 is 23.9. The van der Waals surface area contributed by atoms with Crippen LogP contribution >= 0.6 is 12.2 Å². The summed E-state index contributed by atoms with van der Waals surface area (Å²) in [5.41, 5.74) is 8.64. The van der Waals surface area contributed by atoms with Gasteiger partial charge in [0.25, 0.3) is 10.0 Å². The largest absolute Gasteiger partial charge is 0.375 e. The smallest absolute Gasteiger partial charge is 0.257 e. The lowest BCUT2D eigenvalue weighted by molar-refractivity contribution is 0.443. The van der Waals surface area contributed by atoms with Gasteiger partial charge in [-0.25, -0.2) is 8.42 Å². The predicted molar refractivity (Wildman–Crippen MR) is 82.5 cm³/mol. The molecule has 1 aliphatic rings. The van der Waals surface area contributed by atoms with Gasteiger partial charge in [0.05, 0.1) is 4.90 Å². The summed E-state index contributed by atoms with van der Waals surface area (Å²) in [5.74, 6) is 0.559. The van der Waals surface area contributed by atoms with Crippen molar-refractivity contribution in [2.45, 2.75) is 42.9 Å². The Kier molecular flexibility index (Phi) is 4.95. The number of hydrogen-bond acceptors (Lipinski definition) is 3. The third kappa shape index (κ3) is 3.91. The van der Waals surface area contributed by atoms with Crippen LogP contribution < -0.4 is 16.0 Å². The van der Waals surface area contributed by atoms with Crippen molar-refractivity contribution >= 4 is 27.4 Å². The quantitative estimate of drug-likeness (QED) is 0.583. The van der Waals surface area contributed by atoms with Crippen LogP contribution in [0.2, 0.25) is 0 Å². The number of hydrogen-bond donors (Lipinski definition) is 3. The van der Waals surface area contributed by atoms with Gasteiger partial charge in [0.1, 0.15) is 0 Å². The number of nitrogens with two attached hydrogens (primary N) is 1. The molecule has 0 aromatic heterocycles. The van der Waals surface area contributed by atoms with Crippen molar-refractivity contribution in [3.8, 4) is 0 Å². The number of nitrogens with one attached hydrogen (secondary N) is 2. The zero-order valence-corrected chi connectivity index (χ0v) is 12.8. The van der Waals surface area contributed by atoms with Crippen LogP contribution in [-0.2, 0) is 10.0 Å². The Morgan fingerprint density at radius 3 is 2.30 bits per heavy atom. The molecule has 7 heteroatoms. The first-order chi connectivity index (χ1) is 9.49. The van der Waals surface area contributed by atoms with Crippen molar-refractivity contribution in [2.75, 3.05) is 0 Å². The molecule has 20 heavy (non-hydrogen) atoms. The van der Waals surface area contributed by atoms with Gasteiger partial charge >= 0.3 is 0 Å². The predicted octanol–water partition coefficient (Wildman–Crippen LogP) is 1.76. The second-order valence-corrected chi connectivity index (χ2v) is 7.12. The highest BCUT2D eigenvalue weighted by molar-refractivity contribution is 7.89.